The summed E-state index contributed by atoms with van der Waals surface area (Å²) in [5, 5.41) is -0.522. The van der Waals surface area contributed by atoms with E-state index in [0.29, 0.717) is 18.5 Å². The Kier molecular flexibility index (Phi) is 6.77. The Balaban J connectivity index is 2.80. The summed E-state index contributed by atoms with van der Waals surface area (Å²) in [6.45, 7) is 3.60. The van der Waals surface area contributed by atoms with E-state index in [2.05, 4.69) is 4.99 Å². The molecule has 2 rings (SSSR count). The molecule has 1 atom stereocenters. The van der Waals surface area contributed by atoms with Crippen molar-refractivity contribution in [3.63, 3.8) is 0 Å². The molecule has 1 aromatic carbocycles. The highest BCUT2D eigenvalue weighted by Gasteiger charge is 2.39. The van der Waals surface area contributed by atoms with E-state index in [1.165, 1.54) is 12.1 Å². The molecule has 28 heavy (non-hydrogen) atoms. The summed E-state index contributed by atoms with van der Waals surface area (Å²) in [6.07, 6.45) is -2.50. The van der Waals surface area contributed by atoms with E-state index >= 15 is 0 Å². The lowest BCUT2D eigenvalue weighted by Crippen LogP contribution is -2.30. The maximum absolute atomic E-state index is 13.3. The zero-order valence-corrected chi connectivity index (χ0v) is 16.2. The summed E-state index contributed by atoms with van der Waals surface area (Å²) in [5.74, 6) is -1.68. The standard InChI is InChI=1S/C19H21ClF3N3O2/c1-3-6-13-15(18(27)28-4-2)14(11(9-24)17(25)26-13)10-7-5-8-12(16(10)20)19(21,22)23/h5,7-9,14H,3-4,6,24H2,1-2H3,(H2,25,26)/b11-9-. The fraction of sp³-hybridized carbons (Fsp3) is 0.368. The van der Waals surface area contributed by atoms with Gasteiger partial charge in [-0.2, -0.15) is 13.2 Å². The topological polar surface area (TPSA) is 90.7 Å². The van der Waals surface area contributed by atoms with Gasteiger partial charge in [-0.3, -0.25) is 0 Å². The first kappa shape index (κ1) is 21.8. The van der Waals surface area contributed by atoms with Crippen molar-refractivity contribution in [1.82, 2.24) is 0 Å². The monoisotopic (exact) mass is 415 g/mol. The molecule has 1 aromatic rings. The molecule has 0 aliphatic carbocycles. The molecule has 4 N–H and O–H groups in total. The van der Waals surface area contributed by atoms with Crippen LogP contribution >= 0.6 is 11.6 Å². The lowest BCUT2D eigenvalue weighted by atomic mass is 9.80. The molecule has 5 nitrogen and oxygen atoms in total. The van der Waals surface area contributed by atoms with Crippen LogP contribution in [-0.4, -0.2) is 18.4 Å². The molecule has 0 spiro atoms. The molecule has 0 fully saturated rings. The normalized spacial score (nSPS) is 19.0. The largest absolute Gasteiger partial charge is 0.463 e. The summed E-state index contributed by atoms with van der Waals surface area (Å²) in [5.41, 5.74) is 11.4. The predicted molar refractivity (Wildman–Crippen MR) is 102 cm³/mol. The van der Waals surface area contributed by atoms with Crippen LogP contribution in [0.1, 0.15) is 43.7 Å². The quantitative estimate of drug-likeness (QED) is 0.702. The number of amidine groups is 1. The van der Waals surface area contributed by atoms with Crippen LogP contribution in [0.3, 0.4) is 0 Å². The first-order valence-corrected chi connectivity index (χ1v) is 9.07. The number of nitrogens with zero attached hydrogens (tertiary/aromatic N) is 1. The molecule has 0 saturated carbocycles. The van der Waals surface area contributed by atoms with Crippen molar-refractivity contribution in [1.29, 1.82) is 0 Å². The second-order valence-corrected chi connectivity index (χ2v) is 6.47. The Morgan fingerprint density at radius 1 is 1.36 bits per heavy atom. The van der Waals surface area contributed by atoms with E-state index in [1.54, 1.807) is 6.92 Å². The van der Waals surface area contributed by atoms with Gasteiger partial charge in [0.25, 0.3) is 0 Å². The van der Waals surface area contributed by atoms with E-state index in [-0.39, 0.29) is 29.2 Å². The van der Waals surface area contributed by atoms with Gasteiger partial charge in [0, 0.05) is 17.7 Å². The third kappa shape index (κ3) is 4.16. The molecule has 0 saturated heterocycles. The zero-order valence-electron chi connectivity index (χ0n) is 15.4. The summed E-state index contributed by atoms with van der Waals surface area (Å²) in [7, 11) is 0. The van der Waals surface area contributed by atoms with Crippen molar-refractivity contribution < 1.29 is 22.7 Å². The molecule has 1 heterocycles. The number of hydrogen-bond donors (Lipinski definition) is 2. The van der Waals surface area contributed by atoms with Gasteiger partial charge >= 0.3 is 12.1 Å². The molecule has 9 heteroatoms. The molecule has 0 amide bonds. The molecule has 1 aliphatic rings. The zero-order chi connectivity index (χ0) is 21.1. The van der Waals surface area contributed by atoms with Crippen LogP contribution < -0.4 is 11.5 Å². The van der Waals surface area contributed by atoms with Gasteiger partial charge in [-0.1, -0.05) is 37.1 Å². The van der Waals surface area contributed by atoms with Crippen LogP contribution in [0.15, 0.2) is 46.2 Å². The van der Waals surface area contributed by atoms with Crippen LogP contribution in [-0.2, 0) is 15.7 Å². The Morgan fingerprint density at radius 3 is 2.57 bits per heavy atom. The highest BCUT2D eigenvalue weighted by molar-refractivity contribution is 6.32. The number of benzene rings is 1. The fourth-order valence-corrected chi connectivity index (χ4v) is 3.45. The third-order valence-electron chi connectivity index (χ3n) is 4.27. The second-order valence-electron chi connectivity index (χ2n) is 6.09. The summed E-state index contributed by atoms with van der Waals surface area (Å²) < 4.78 is 45.2. The summed E-state index contributed by atoms with van der Waals surface area (Å²) in [4.78, 5) is 17.0. The van der Waals surface area contributed by atoms with Gasteiger partial charge in [-0.15, -0.1) is 0 Å². The van der Waals surface area contributed by atoms with E-state index < -0.39 is 28.6 Å². The first-order chi connectivity index (χ1) is 13.2. The summed E-state index contributed by atoms with van der Waals surface area (Å²) >= 11 is 6.13. The van der Waals surface area contributed by atoms with Gasteiger partial charge in [-0.25, -0.2) is 9.79 Å². The van der Waals surface area contributed by atoms with Crippen LogP contribution in [0.4, 0.5) is 13.2 Å². The van der Waals surface area contributed by atoms with Gasteiger partial charge in [0.05, 0.1) is 28.5 Å². The Morgan fingerprint density at radius 2 is 2.04 bits per heavy atom. The van der Waals surface area contributed by atoms with Crippen LogP contribution in [0.5, 0.6) is 0 Å². The SMILES string of the molecule is CCCC1=C(C(=O)OCC)C(c2cccc(C(F)(F)F)c2Cl)/C(=C/N)C(N)=N1. The van der Waals surface area contributed by atoms with E-state index in [1.807, 2.05) is 6.92 Å². The Bertz CT molecular complexity index is 860. The molecule has 0 aromatic heterocycles. The first-order valence-electron chi connectivity index (χ1n) is 8.69. The minimum absolute atomic E-state index is 0.0254. The van der Waals surface area contributed by atoms with Crippen molar-refractivity contribution in [2.24, 2.45) is 16.5 Å². The minimum Gasteiger partial charge on any atom is -0.463 e. The average Bonchev–Trinajstić information content (AvgIpc) is 2.61. The number of esters is 1. The van der Waals surface area contributed by atoms with Gasteiger partial charge in [0.15, 0.2) is 0 Å². The van der Waals surface area contributed by atoms with E-state index in [0.717, 1.165) is 12.3 Å². The number of carbonyl (C=O) groups is 1. The smallest absolute Gasteiger partial charge is 0.417 e. The lowest BCUT2D eigenvalue weighted by Gasteiger charge is -2.29. The van der Waals surface area contributed by atoms with Crippen LogP contribution in [0.25, 0.3) is 0 Å². The van der Waals surface area contributed by atoms with Crippen molar-refractivity contribution in [3.05, 3.63) is 57.4 Å². The van der Waals surface area contributed by atoms with Gasteiger partial charge in [-0.05, 0) is 25.0 Å². The summed E-state index contributed by atoms with van der Waals surface area (Å²) in [6, 6.07) is 3.51. The molecular formula is C19H21ClF3N3O2. The minimum atomic E-state index is -4.66. The van der Waals surface area contributed by atoms with Crippen LogP contribution in [0.2, 0.25) is 5.02 Å². The fourth-order valence-electron chi connectivity index (χ4n) is 3.11. The molecular weight excluding hydrogens is 395 g/mol. The third-order valence-corrected chi connectivity index (χ3v) is 4.69. The maximum Gasteiger partial charge on any atom is 0.417 e. The number of alkyl halides is 3. The number of nitrogens with two attached hydrogens (primary N) is 2. The number of halogens is 4. The molecule has 1 unspecified atom stereocenters. The number of carbonyl (C=O) groups excluding carboxylic acids is 1. The van der Waals surface area contributed by atoms with Crippen molar-refractivity contribution in [2.45, 2.75) is 38.8 Å². The Labute approximate surface area is 165 Å². The Hall–Kier alpha value is -2.48. The molecule has 152 valence electrons. The number of rotatable bonds is 5. The maximum atomic E-state index is 13.3. The van der Waals surface area contributed by atoms with Crippen LogP contribution in [0, 0.1) is 0 Å². The van der Waals surface area contributed by atoms with Crippen molar-refractivity contribution in [2.75, 3.05) is 6.61 Å². The van der Waals surface area contributed by atoms with E-state index in [4.69, 9.17) is 27.8 Å². The number of allylic oxidation sites excluding steroid dienone is 1. The molecule has 0 bridgehead atoms. The predicted octanol–water partition coefficient (Wildman–Crippen LogP) is 4.27. The van der Waals surface area contributed by atoms with Gasteiger partial charge in [0.1, 0.15) is 5.84 Å². The molecule has 1 aliphatic heterocycles. The van der Waals surface area contributed by atoms with Crippen molar-refractivity contribution >= 4 is 23.4 Å². The lowest BCUT2D eigenvalue weighted by molar-refractivity contribution is -0.139. The molecule has 0 radical (unpaired) electrons. The highest BCUT2D eigenvalue weighted by atomic mass is 35.5. The van der Waals surface area contributed by atoms with Gasteiger partial charge < -0.3 is 16.2 Å². The number of aliphatic imine (C=N–C) groups is 1. The van der Waals surface area contributed by atoms with E-state index in [9.17, 15) is 18.0 Å². The number of hydrogen-bond acceptors (Lipinski definition) is 5. The second kappa shape index (κ2) is 8.68. The number of ether oxygens (including phenoxy) is 1. The van der Waals surface area contributed by atoms with Crippen molar-refractivity contribution in [3.8, 4) is 0 Å². The van der Waals surface area contributed by atoms with Gasteiger partial charge in [0.2, 0.25) is 0 Å². The highest BCUT2D eigenvalue weighted by Crippen LogP contribution is 2.45. The average molecular weight is 416 g/mol.